The van der Waals surface area contributed by atoms with E-state index < -0.39 is 24.5 Å². The fourth-order valence-corrected chi connectivity index (χ4v) is 5.11. The van der Waals surface area contributed by atoms with Crippen LogP contribution in [0.15, 0.2) is 24.3 Å². The number of nitrogens with zero attached hydrogens (tertiary/aromatic N) is 1. The minimum Gasteiger partial charge on any atom is -0.495 e. The Hall–Kier alpha value is -2.90. The summed E-state index contributed by atoms with van der Waals surface area (Å²) in [4.78, 5) is 51.2. The highest BCUT2D eigenvalue weighted by Gasteiger charge is 2.62. The lowest BCUT2D eigenvalue weighted by molar-refractivity contribution is -0.159. The maximum atomic E-state index is 12.8. The van der Waals surface area contributed by atoms with Crippen LogP contribution >= 0.6 is 0 Å². The van der Waals surface area contributed by atoms with Gasteiger partial charge in [-0.25, -0.2) is 4.79 Å². The van der Waals surface area contributed by atoms with E-state index in [1.165, 1.54) is 14.0 Å². The van der Waals surface area contributed by atoms with Crippen LogP contribution in [0, 0.1) is 23.7 Å². The van der Waals surface area contributed by atoms with Gasteiger partial charge in [0.2, 0.25) is 11.8 Å². The maximum absolute atomic E-state index is 12.8. The standard InChI is InChI=1S/C21H24N2O6/c1-11(23-19(25)17-12-7-8-13(9-12)18(17)20(23)26)21(27)29-10-16(24)22-14-5-3-4-6-15(14)28-2/h3-6,11-13,17-18H,7-10H2,1-2H3,(H,22,24)/t11-,12+,13+,17-,18+/m1/s1. The summed E-state index contributed by atoms with van der Waals surface area (Å²) in [5.41, 5.74) is 0.456. The van der Waals surface area contributed by atoms with Gasteiger partial charge >= 0.3 is 5.97 Å². The van der Waals surface area contributed by atoms with Gasteiger partial charge in [0, 0.05) is 0 Å². The molecular formula is C21H24N2O6. The highest BCUT2D eigenvalue weighted by Crippen LogP contribution is 2.56. The van der Waals surface area contributed by atoms with Crippen molar-refractivity contribution in [3.05, 3.63) is 24.3 Å². The van der Waals surface area contributed by atoms with Gasteiger partial charge in [0.05, 0.1) is 24.6 Å². The predicted molar refractivity (Wildman–Crippen MR) is 102 cm³/mol. The second-order valence-corrected chi connectivity index (χ2v) is 7.96. The molecule has 2 saturated carbocycles. The lowest BCUT2D eigenvalue weighted by Gasteiger charge is -2.23. The summed E-state index contributed by atoms with van der Waals surface area (Å²) in [6.45, 7) is 0.953. The summed E-state index contributed by atoms with van der Waals surface area (Å²) in [5, 5.41) is 2.61. The minimum absolute atomic E-state index is 0.251. The van der Waals surface area contributed by atoms with Crippen molar-refractivity contribution in [2.75, 3.05) is 19.0 Å². The van der Waals surface area contributed by atoms with E-state index in [2.05, 4.69) is 5.32 Å². The number of amides is 3. The number of nitrogens with one attached hydrogen (secondary N) is 1. The van der Waals surface area contributed by atoms with Crippen LogP contribution < -0.4 is 10.1 Å². The molecule has 4 rings (SSSR count). The molecular weight excluding hydrogens is 376 g/mol. The van der Waals surface area contributed by atoms with Gasteiger partial charge in [0.1, 0.15) is 11.8 Å². The van der Waals surface area contributed by atoms with Crippen LogP contribution in [0.1, 0.15) is 26.2 Å². The molecule has 2 aliphatic carbocycles. The molecule has 154 valence electrons. The Morgan fingerprint density at radius 2 is 1.76 bits per heavy atom. The summed E-state index contributed by atoms with van der Waals surface area (Å²) in [5.74, 6) is -1.43. The van der Waals surface area contributed by atoms with E-state index in [0.717, 1.165) is 24.2 Å². The molecule has 5 atom stereocenters. The molecule has 1 aliphatic heterocycles. The number of fused-ring (bicyclic) bond motifs is 5. The van der Waals surface area contributed by atoms with Crippen molar-refractivity contribution >= 4 is 29.4 Å². The van der Waals surface area contributed by atoms with E-state index in [9.17, 15) is 19.2 Å². The molecule has 1 aromatic rings. The van der Waals surface area contributed by atoms with Crippen molar-refractivity contribution in [1.82, 2.24) is 4.90 Å². The number of methoxy groups -OCH3 is 1. The highest BCUT2D eigenvalue weighted by atomic mass is 16.5. The smallest absolute Gasteiger partial charge is 0.329 e. The first kappa shape index (κ1) is 19.4. The third kappa shape index (κ3) is 3.26. The number of carbonyl (C=O) groups excluding carboxylic acids is 4. The van der Waals surface area contributed by atoms with Gasteiger partial charge in [0.25, 0.3) is 5.91 Å². The summed E-state index contributed by atoms with van der Waals surface area (Å²) in [6, 6.07) is 5.82. The number of hydrogen-bond acceptors (Lipinski definition) is 6. The minimum atomic E-state index is -1.04. The highest BCUT2D eigenvalue weighted by molar-refractivity contribution is 6.08. The van der Waals surface area contributed by atoms with Gasteiger partial charge in [-0.05, 0) is 50.2 Å². The molecule has 1 heterocycles. The Labute approximate surface area is 168 Å². The number of anilines is 1. The average Bonchev–Trinajstić information content (AvgIpc) is 3.40. The van der Waals surface area contributed by atoms with Crippen LogP contribution in [0.3, 0.4) is 0 Å². The van der Waals surface area contributed by atoms with E-state index in [4.69, 9.17) is 9.47 Å². The zero-order chi connectivity index (χ0) is 20.7. The summed E-state index contributed by atoms with van der Waals surface area (Å²) in [7, 11) is 1.48. The van der Waals surface area contributed by atoms with Crippen molar-refractivity contribution in [2.45, 2.75) is 32.2 Å². The number of para-hydroxylation sites is 2. The molecule has 8 heteroatoms. The zero-order valence-corrected chi connectivity index (χ0v) is 16.4. The van der Waals surface area contributed by atoms with E-state index in [0.29, 0.717) is 11.4 Å². The van der Waals surface area contributed by atoms with Crippen LogP contribution in [-0.4, -0.2) is 48.3 Å². The molecule has 2 bridgehead atoms. The molecule has 0 unspecified atom stereocenters. The van der Waals surface area contributed by atoms with Crippen LogP contribution in [-0.2, 0) is 23.9 Å². The first-order valence-electron chi connectivity index (χ1n) is 9.88. The molecule has 0 spiro atoms. The van der Waals surface area contributed by atoms with Gasteiger partial charge in [0.15, 0.2) is 6.61 Å². The SMILES string of the molecule is COc1ccccc1NC(=O)COC(=O)[C@@H](C)N1C(=O)[C@@H]2[C@H]3CC[C@@H](C3)[C@@H]2C1=O. The quantitative estimate of drug-likeness (QED) is 0.575. The van der Waals surface area contributed by atoms with Crippen LogP contribution in [0.5, 0.6) is 5.75 Å². The second kappa shape index (κ2) is 7.50. The number of ether oxygens (including phenoxy) is 2. The molecule has 29 heavy (non-hydrogen) atoms. The summed E-state index contributed by atoms with van der Waals surface area (Å²) in [6.07, 6.45) is 2.88. The van der Waals surface area contributed by atoms with Crippen LogP contribution in [0.4, 0.5) is 5.69 Å². The molecule has 0 radical (unpaired) electrons. The number of esters is 1. The van der Waals surface area contributed by atoms with Crippen molar-refractivity contribution < 1.29 is 28.7 Å². The second-order valence-electron chi connectivity index (χ2n) is 7.96. The molecule has 0 aromatic heterocycles. The third-order valence-electron chi connectivity index (χ3n) is 6.42. The van der Waals surface area contributed by atoms with Crippen molar-refractivity contribution in [3.63, 3.8) is 0 Å². The topological polar surface area (TPSA) is 102 Å². The number of likely N-dealkylation sites (tertiary alicyclic amines) is 1. The summed E-state index contributed by atoms with van der Waals surface area (Å²) < 4.78 is 10.2. The first-order chi connectivity index (χ1) is 13.9. The average molecular weight is 400 g/mol. The Bertz CT molecular complexity index is 840. The van der Waals surface area contributed by atoms with Gasteiger partial charge in [-0.3, -0.25) is 19.3 Å². The zero-order valence-electron chi connectivity index (χ0n) is 16.4. The third-order valence-corrected chi connectivity index (χ3v) is 6.42. The summed E-state index contributed by atoms with van der Waals surface area (Å²) >= 11 is 0. The molecule has 1 N–H and O–H groups in total. The lowest BCUT2D eigenvalue weighted by atomic mass is 9.81. The molecule has 3 amide bonds. The van der Waals surface area contributed by atoms with E-state index >= 15 is 0 Å². The number of benzene rings is 1. The fourth-order valence-electron chi connectivity index (χ4n) is 5.11. The Balaban J connectivity index is 1.35. The Kier molecular flexibility index (Phi) is 5.02. The largest absolute Gasteiger partial charge is 0.495 e. The van der Waals surface area contributed by atoms with Gasteiger partial charge in [-0.1, -0.05) is 12.1 Å². The molecule has 1 saturated heterocycles. The number of rotatable bonds is 6. The molecule has 3 aliphatic rings. The maximum Gasteiger partial charge on any atom is 0.329 e. The van der Waals surface area contributed by atoms with E-state index in [1.807, 2.05) is 0 Å². The Morgan fingerprint density at radius 1 is 1.14 bits per heavy atom. The molecule has 3 fully saturated rings. The van der Waals surface area contributed by atoms with Crippen molar-refractivity contribution in [3.8, 4) is 5.75 Å². The normalized spacial score (nSPS) is 28.3. The van der Waals surface area contributed by atoms with Crippen molar-refractivity contribution in [1.29, 1.82) is 0 Å². The number of hydrogen-bond donors (Lipinski definition) is 1. The predicted octanol–water partition coefficient (Wildman–Crippen LogP) is 1.60. The monoisotopic (exact) mass is 400 g/mol. The van der Waals surface area contributed by atoms with E-state index in [1.54, 1.807) is 24.3 Å². The van der Waals surface area contributed by atoms with Gasteiger partial charge in [-0.2, -0.15) is 0 Å². The molecule has 8 nitrogen and oxygen atoms in total. The fraction of sp³-hybridized carbons (Fsp3) is 0.524. The first-order valence-corrected chi connectivity index (χ1v) is 9.88. The molecule has 1 aromatic carbocycles. The number of carbonyl (C=O) groups is 4. The van der Waals surface area contributed by atoms with E-state index in [-0.39, 0.29) is 35.5 Å². The van der Waals surface area contributed by atoms with Gasteiger partial charge in [-0.15, -0.1) is 0 Å². The Morgan fingerprint density at radius 3 is 2.38 bits per heavy atom. The van der Waals surface area contributed by atoms with Crippen molar-refractivity contribution in [2.24, 2.45) is 23.7 Å². The van der Waals surface area contributed by atoms with Crippen LogP contribution in [0.2, 0.25) is 0 Å². The van der Waals surface area contributed by atoms with Gasteiger partial charge < -0.3 is 14.8 Å². The number of imide groups is 1. The lowest BCUT2D eigenvalue weighted by Crippen LogP contribution is -2.45. The van der Waals surface area contributed by atoms with Crippen LogP contribution in [0.25, 0.3) is 0 Å².